The molecule has 0 aliphatic rings. The van der Waals surface area contributed by atoms with Crippen molar-refractivity contribution in [1.82, 2.24) is 25.9 Å². The highest BCUT2D eigenvalue weighted by atomic mass is 16.6. The number of nitro groups is 1. The number of aryl methyl sites for hydroxylation is 1. The van der Waals surface area contributed by atoms with Crippen LogP contribution in [0.4, 0.5) is 16.3 Å². The van der Waals surface area contributed by atoms with Crippen LogP contribution < -0.4 is 50.0 Å². The van der Waals surface area contributed by atoms with Gasteiger partial charge in [-0.25, -0.2) is 14.8 Å². The van der Waals surface area contributed by atoms with Crippen molar-refractivity contribution in [2.24, 2.45) is 5.10 Å². The topological polar surface area (TPSA) is 374 Å². The van der Waals surface area contributed by atoms with Gasteiger partial charge < -0.3 is 63.9 Å². The lowest BCUT2D eigenvalue weighted by atomic mass is 10.1. The van der Waals surface area contributed by atoms with E-state index < -0.39 is 28.9 Å². The number of nitrogens with zero attached hydrogens (tertiary/aromatic N) is 5. The first-order valence-corrected chi connectivity index (χ1v) is 26.9. The second-order valence-electron chi connectivity index (χ2n) is 18.2. The number of hydrazone groups is 1. The fraction of sp³-hybridized carbons (Fsp3) is 0.356. The van der Waals surface area contributed by atoms with Crippen molar-refractivity contribution in [3.05, 3.63) is 135 Å². The average Bonchev–Trinajstić information content (AvgIpc) is 3.70. The lowest BCUT2D eigenvalue weighted by Gasteiger charge is -2.15. The number of carbonyl (C=O) groups excluding carboxylic acids is 9. The number of anilines is 1. The van der Waals surface area contributed by atoms with E-state index in [0.29, 0.717) is 66.8 Å². The molecule has 0 aliphatic carbocycles. The maximum absolute atomic E-state index is 12.8. The van der Waals surface area contributed by atoms with Crippen LogP contribution in [-0.4, -0.2) is 142 Å². The standard InChI is InChI=1S/C20H23N3O6.C20H28N2O8.C19H20N4O6/c1-5-27-11-16-9-23(12(2)22-20(16)21)10-17(26)15-6-7-18(28-13(3)24)19(8-15)29-14(4)25;1-27-19(25)9-5-11-21-17(23)13-29-15-7-3-4-8-16(15)30-14-18(24)22-12-6-10-20(26)28-2;1-22(19(25)29-13-14-6-4-3-5-7-14)12-18(24)21-20-11-15-8-9-17(28-2)16(10-15)23(26)27/h6-9,21H,5,10-11H2,1-4H3;3-4,7-8H,5-6,9-14H2,1-2H3,(H,21,23)(H,22,24);3-11H,12-13H2,1-2H3,(H,21,24)/p+1/b;;20-11+. The molecule has 0 fully saturated rings. The Kier molecular flexibility index (Phi) is 31.9. The molecule has 5 N–H and O–H groups in total. The Hall–Kier alpha value is -10.6. The van der Waals surface area contributed by atoms with Gasteiger partial charge in [-0.05, 0) is 72.8 Å². The maximum atomic E-state index is 12.8. The highest BCUT2D eigenvalue weighted by Gasteiger charge is 2.22. The molecule has 4 amide bonds. The molecule has 0 spiro atoms. The SMILES string of the molecule is CCOCc1c[n+](CC(=O)c2ccc(OC(C)=O)c(OC(C)=O)c2)c(C)nc1N.COC(=O)CCCNC(=O)COc1ccccc1OCC(=O)NCCCC(=O)OC.COc1ccc(/C=N/NC(=O)CN(C)C(=O)OCc2ccccc2)cc1[N+](=O)[O-]. The van der Waals surface area contributed by atoms with E-state index in [0.717, 1.165) is 10.5 Å². The minimum absolute atomic E-state index is 0.00672. The van der Waals surface area contributed by atoms with Gasteiger partial charge >= 0.3 is 35.7 Å². The van der Waals surface area contributed by atoms with Crippen LogP contribution in [0.2, 0.25) is 0 Å². The van der Waals surface area contributed by atoms with Gasteiger partial charge in [0.1, 0.15) is 19.3 Å². The molecule has 0 aliphatic heterocycles. The van der Waals surface area contributed by atoms with Crippen LogP contribution in [0.25, 0.3) is 0 Å². The molecule has 5 aromatic rings. The summed E-state index contributed by atoms with van der Waals surface area (Å²) in [5.74, 6) is -1.63. The van der Waals surface area contributed by atoms with Crippen molar-refractivity contribution in [3.63, 3.8) is 0 Å². The summed E-state index contributed by atoms with van der Waals surface area (Å²) in [6.45, 7) is 6.86. The molecule has 88 heavy (non-hydrogen) atoms. The monoisotopic (exact) mass is 1230 g/mol. The summed E-state index contributed by atoms with van der Waals surface area (Å²) in [5, 5.41) is 20.0. The van der Waals surface area contributed by atoms with Gasteiger partial charge in [0.2, 0.25) is 11.6 Å². The first-order valence-electron chi connectivity index (χ1n) is 26.9. The number of methoxy groups -OCH3 is 3. The molecule has 0 saturated carbocycles. The van der Waals surface area contributed by atoms with Gasteiger partial charge in [-0.2, -0.15) is 5.10 Å². The van der Waals surface area contributed by atoms with Gasteiger partial charge in [0.25, 0.3) is 23.5 Å². The Bertz CT molecular complexity index is 3160. The molecule has 0 bridgehead atoms. The van der Waals surface area contributed by atoms with E-state index in [1.54, 1.807) is 48.0 Å². The lowest BCUT2D eigenvalue weighted by Crippen LogP contribution is -2.42. The third-order valence-corrected chi connectivity index (χ3v) is 11.4. The minimum Gasteiger partial charge on any atom is -0.490 e. The number of nitro benzene ring substituents is 1. The molecule has 0 atom stereocenters. The van der Waals surface area contributed by atoms with Crippen LogP contribution in [0, 0.1) is 17.0 Å². The molecule has 1 aromatic heterocycles. The Morgan fingerprint density at radius 2 is 1.30 bits per heavy atom. The van der Waals surface area contributed by atoms with Gasteiger partial charge in [-0.3, -0.25) is 48.5 Å². The summed E-state index contributed by atoms with van der Waals surface area (Å²) in [6, 6.07) is 24.3. The molecule has 0 radical (unpaired) electrons. The number of benzene rings is 4. The number of Topliss-reactive ketones (excluding diaryl/α,β-unsaturated/α-hetero) is 1. The summed E-state index contributed by atoms with van der Waals surface area (Å²) >= 11 is 0. The zero-order chi connectivity index (χ0) is 65.0. The van der Waals surface area contributed by atoms with Crippen molar-refractivity contribution in [2.45, 2.75) is 73.1 Å². The molecule has 1 heterocycles. The maximum Gasteiger partial charge on any atom is 0.410 e. The van der Waals surface area contributed by atoms with Crippen LogP contribution in [0.3, 0.4) is 0 Å². The van der Waals surface area contributed by atoms with Gasteiger partial charge in [0, 0.05) is 77.6 Å². The summed E-state index contributed by atoms with van der Waals surface area (Å²) < 4.78 is 47.1. The molecule has 0 unspecified atom stereocenters. The minimum atomic E-state index is -0.654. The second-order valence-corrected chi connectivity index (χ2v) is 18.2. The molecule has 472 valence electrons. The van der Waals surface area contributed by atoms with E-state index in [4.69, 9.17) is 38.9 Å². The Morgan fingerprint density at radius 3 is 1.84 bits per heavy atom. The molecular weight excluding hydrogens is 1150 g/mol. The Balaban J connectivity index is 0.000000345. The van der Waals surface area contributed by atoms with E-state index in [9.17, 15) is 53.3 Å². The van der Waals surface area contributed by atoms with Crippen LogP contribution in [0.1, 0.15) is 79.3 Å². The van der Waals surface area contributed by atoms with E-state index in [-0.39, 0.29) is 110 Å². The first-order chi connectivity index (χ1) is 42.1. The number of ether oxygens (including phenoxy) is 9. The number of rotatable bonds is 30. The number of ketones is 1. The third-order valence-electron chi connectivity index (χ3n) is 11.4. The largest absolute Gasteiger partial charge is 0.490 e. The number of esters is 4. The number of amides is 4. The molecule has 29 heteroatoms. The second kappa shape index (κ2) is 39.1. The summed E-state index contributed by atoms with van der Waals surface area (Å²) in [6.07, 6.45) is 3.69. The van der Waals surface area contributed by atoms with Gasteiger partial charge in [0.15, 0.2) is 48.5 Å². The molecule has 4 aromatic carbocycles. The number of nitrogen functional groups attached to an aromatic ring is 1. The van der Waals surface area contributed by atoms with Crippen molar-refractivity contribution >= 4 is 71.2 Å². The number of nitrogens with one attached hydrogen (secondary N) is 3. The molecule has 29 nitrogen and oxygen atoms in total. The predicted molar refractivity (Wildman–Crippen MR) is 313 cm³/mol. The highest BCUT2D eigenvalue weighted by Crippen LogP contribution is 2.30. The zero-order valence-corrected chi connectivity index (χ0v) is 50.0. The fourth-order valence-electron chi connectivity index (χ4n) is 7.00. The van der Waals surface area contributed by atoms with Crippen LogP contribution in [0.5, 0.6) is 28.7 Å². The summed E-state index contributed by atoms with van der Waals surface area (Å²) in [5.41, 5.74) is 10.1. The van der Waals surface area contributed by atoms with Crippen molar-refractivity contribution in [3.8, 4) is 28.7 Å². The number of carbonyl (C=O) groups is 9. The number of aromatic nitrogens is 2. The first kappa shape index (κ1) is 71.7. The van der Waals surface area contributed by atoms with Gasteiger partial charge in [-0.1, -0.05) is 42.5 Å². The van der Waals surface area contributed by atoms with Gasteiger partial charge in [-0.15, -0.1) is 0 Å². The van der Waals surface area contributed by atoms with Crippen molar-refractivity contribution in [1.29, 1.82) is 0 Å². The fourth-order valence-corrected chi connectivity index (χ4v) is 7.00. The normalized spacial score (nSPS) is 10.3. The lowest BCUT2D eigenvalue weighted by molar-refractivity contribution is -0.692. The van der Waals surface area contributed by atoms with E-state index in [2.05, 4.69) is 35.6 Å². The van der Waals surface area contributed by atoms with E-state index in [1.165, 1.54) is 78.8 Å². The van der Waals surface area contributed by atoms with Gasteiger partial charge in [0.05, 0.1) is 44.6 Å². The van der Waals surface area contributed by atoms with Crippen LogP contribution in [0.15, 0.2) is 102 Å². The van der Waals surface area contributed by atoms with Crippen LogP contribution >= 0.6 is 0 Å². The van der Waals surface area contributed by atoms with Crippen LogP contribution in [-0.2, 0) is 72.3 Å². The third kappa shape index (κ3) is 27.4. The summed E-state index contributed by atoms with van der Waals surface area (Å²) in [4.78, 5) is 121. The van der Waals surface area contributed by atoms with Crippen molar-refractivity contribution < 1.29 is 95.3 Å². The number of para-hydroxylation sites is 2. The van der Waals surface area contributed by atoms with E-state index >= 15 is 0 Å². The molecular formula is C59H72N9O20+. The summed E-state index contributed by atoms with van der Waals surface area (Å²) in [7, 11) is 5.37. The quantitative estimate of drug-likeness (QED) is 0.00568. The van der Waals surface area contributed by atoms with E-state index in [1.807, 2.05) is 37.3 Å². The average molecular weight is 1230 g/mol. The number of hydrogen-bond acceptors (Lipinski definition) is 23. The Morgan fingerprint density at radius 1 is 0.727 bits per heavy atom. The Labute approximate surface area is 506 Å². The number of nitrogens with two attached hydrogens (primary N) is 1. The van der Waals surface area contributed by atoms with Crippen molar-refractivity contribution in [2.75, 3.05) is 73.6 Å². The predicted octanol–water partition coefficient (Wildman–Crippen LogP) is 4.43. The smallest absolute Gasteiger partial charge is 0.410 e. The number of hydrogen-bond donors (Lipinski definition) is 4. The molecule has 5 rings (SSSR count). The highest BCUT2D eigenvalue weighted by molar-refractivity contribution is 5.96. The zero-order valence-electron chi connectivity index (χ0n) is 50.0. The molecule has 0 saturated heterocycles. The number of likely N-dealkylation sites (N-methyl/N-ethyl adjacent to an activating group) is 1.